The molecule has 6 heteroatoms. The molecule has 1 amide bonds. The van der Waals surface area contributed by atoms with E-state index in [1.54, 1.807) is 0 Å². The van der Waals surface area contributed by atoms with Gasteiger partial charge in [0.15, 0.2) is 0 Å². The summed E-state index contributed by atoms with van der Waals surface area (Å²) in [4.78, 5) is 11.7. The van der Waals surface area contributed by atoms with Gasteiger partial charge in [-0.25, -0.2) is 13.1 Å². The molecule has 0 aliphatic rings. The monoisotopic (exact) mass is 284 g/mol. The van der Waals surface area contributed by atoms with Crippen molar-refractivity contribution < 1.29 is 13.2 Å². The number of nitrogens with one attached hydrogen (secondary N) is 2. The Labute approximate surface area is 114 Å². The summed E-state index contributed by atoms with van der Waals surface area (Å²) < 4.78 is 24.7. The van der Waals surface area contributed by atoms with Crippen molar-refractivity contribution in [2.24, 2.45) is 0 Å². The van der Waals surface area contributed by atoms with Crippen LogP contribution < -0.4 is 10.0 Å². The van der Waals surface area contributed by atoms with Gasteiger partial charge in [0.05, 0.1) is 12.3 Å². The average Bonchev–Trinajstić information content (AvgIpc) is 2.31. The van der Waals surface area contributed by atoms with Gasteiger partial charge in [0, 0.05) is 5.69 Å². The quantitative estimate of drug-likeness (QED) is 0.860. The van der Waals surface area contributed by atoms with Crippen LogP contribution in [0.15, 0.2) is 12.1 Å². The number of benzene rings is 1. The van der Waals surface area contributed by atoms with Gasteiger partial charge in [0.1, 0.15) is 0 Å². The molecule has 1 rings (SSSR count). The van der Waals surface area contributed by atoms with E-state index in [2.05, 4.69) is 10.0 Å². The summed E-state index contributed by atoms with van der Waals surface area (Å²) in [7, 11) is -3.34. The third kappa shape index (κ3) is 4.65. The minimum atomic E-state index is -3.34. The van der Waals surface area contributed by atoms with Gasteiger partial charge in [-0.2, -0.15) is 0 Å². The van der Waals surface area contributed by atoms with E-state index in [9.17, 15) is 13.2 Å². The molecule has 2 N–H and O–H groups in total. The third-order valence-electron chi connectivity index (χ3n) is 2.77. The molecule has 0 aliphatic heterocycles. The minimum Gasteiger partial charge on any atom is -0.324 e. The summed E-state index contributed by atoms with van der Waals surface area (Å²) in [5.41, 5.74) is 3.79. The van der Waals surface area contributed by atoms with Crippen LogP contribution in [-0.4, -0.2) is 26.6 Å². The molecule has 0 fully saturated rings. The molecule has 5 nitrogen and oxygen atoms in total. The van der Waals surface area contributed by atoms with E-state index in [0.29, 0.717) is 0 Å². The second kappa shape index (κ2) is 6.16. The summed E-state index contributed by atoms with van der Waals surface area (Å²) in [6, 6.07) is 3.94. The Kier molecular flexibility index (Phi) is 5.08. The van der Waals surface area contributed by atoms with Crippen LogP contribution in [0.4, 0.5) is 5.69 Å². The molecular formula is C13H20N2O3S. The lowest BCUT2D eigenvalue weighted by molar-refractivity contribution is -0.115. The number of aryl methyl sites for hydroxylation is 3. The zero-order chi connectivity index (χ0) is 14.6. The first-order valence-corrected chi connectivity index (χ1v) is 7.75. The summed E-state index contributed by atoms with van der Waals surface area (Å²) in [5, 5.41) is 2.74. The lowest BCUT2D eigenvalue weighted by atomic mass is 10.1. The van der Waals surface area contributed by atoms with E-state index in [1.807, 2.05) is 32.9 Å². The van der Waals surface area contributed by atoms with Gasteiger partial charge in [0.25, 0.3) is 0 Å². The molecular weight excluding hydrogens is 264 g/mol. The molecule has 0 saturated heterocycles. The van der Waals surface area contributed by atoms with Crippen LogP contribution in [0.3, 0.4) is 0 Å². The van der Waals surface area contributed by atoms with Crippen molar-refractivity contribution in [3.63, 3.8) is 0 Å². The maximum atomic E-state index is 11.7. The van der Waals surface area contributed by atoms with E-state index in [1.165, 1.54) is 6.92 Å². The minimum absolute atomic E-state index is 0.0388. The smallest absolute Gasteiger partial charge is 0.239 e. The molecule has 0 saturated carbocycles. The zero-order valence-electron chi connectivity index (χ0n) is 11.7. The van der Waals surface area contributed by atoms with Crippen molar-refractivity contribution >= 4 is 21.6 Å². The molecule has 0 bridgehead atoms. The topological polar surface area (TPSA) is 75.3 Å². The molecule has 1 aromatic carbocycles. The van der Waals surface area contributed by atoms with Crippen molar-refractivity contribution in [1.82, 2.24) is 4.72 Å². The van der Waals surface area contributed by atoms with Crippen molar-refractivity contribution in [3.8, 4) is 0 Å². The normalized spacial score (nSPS) is 11.4. The highest BCUT2D eigenvalue weighted by molar-refractivity contribution is 7.89. The first-order valence-electron chi connectivity index (χ1n) is 6.10. The molecule has 0 heterocycles. The lowest BCUT2D eigenvalue weighted by Gasteiger charge is -2.13. The van der Waals surface area contributed by atoms with Crippen LogP contribution in [-0.2, 0) is 14.8 Å². The van der Waals surface area contributed by atoms with Crippen LogP contribution in [0.25, 0.3) is 0 Å². The van der Waals surface area contributed by atoms with Gasteiger partial charge in [-0.05, 0) is 38.8 Å². The Morgan fingerprint density at radius 1 is 1.16 bits per heavy atom. The Morgan fingerprint density at radius 2 is 1.68 bits per heavy atom. The Bertz CT molecular complexity index is 557. The number of anilines is 1. The summed E-state index contributed by atoms with van der Waals surface area (Å²) >= 11 is 0. The number of sulfonamides is 1. The van der Waals surface area contributed by atoms with Gasteiger partial charge < -0.3 is 5.32 Å². The first-order chi connectivity index (χ1) is 8.75. The number of hydrogen-bond acceptors (Lipinski definition) is 3. The molecule has 1 aromatic rings. The third-order valence-corrected chi connectivity index (χ3v) is 4.12. The molecule has 0 aliphatic carbocycles. The van der Waals surface area contributed by atoms with E-state index in [0.717, 1.165) is 22.4 Å². The van der Waals surface area contributed by atoms with Crippen LogP contribution in [0.2, 0.25) is 0 Å². The number of amides is 1. The average molecular weight is 284 g/mol. The highest BCUT2D eigenvalue weighted by atomic mass is 32.2. The second-order valence-electron chi connectivity index (χ2n) is 4.55. The maximum absolute atomic E-state index is 11.7. The molecule has 0 unspecified atom stereocenters. The SMILES string of the molecule is CCS(=O)(=O)NCC(=O)Nc1c(C)cc(C)cc1C. The molecule has 19 heavy (non-hydrogen) atoms. The van der Waals surface area contributed by atoms with Crippen LogP contribution in [0.5, 0.6) is 0 Å². The summed E-state index contributed by atoms with van der Waals surface area (Å²) in [6.45, 7) is 7.08. The highest BCUT2D eigenvalue weighted by Crippen LogP contribution is 2.21. The standard InChI is InChI=1S/C13H20N2O3S/c1-5-19(17,18)14-8-12(16)15-13-10(3)6-9(2)7-11(13)4/h6-7,14H,5,8H2,1-4H3,(H,15,16). The Morgan fingerprint density at radius 3 is 2.16 bits per heavy atom. The fourth-order valence-corrected chi connectivity index (χ4v) is 2.39. The van der Waals surface area contributed by atoms with Gasteiger partial charge in [-0.1, -0.05) is 17.7 Å². The van der Waals surface area contributed by atoms with Crippen LogP contribution in [0.1, 0.15) is 23.6 Å². The fraction of sp³-hybridized carbons (Fsp3) is 0.462. The molecule has 0 aromatic heterocycles. The molecule has 0 atom stereocenters. The van der Waals surface area contributed by atoms with Gasteiger partial charge >= 0.3 is 0 Å². The number of carbonyl (C=O) groups is 1. The first kappa shape index (κ1) is 15.7. The molecule has 0 spiro atoms. The van der Waals surface area contributed by atoms with Crippen molar-refractivity contribution in [1.29, 1.82) is 0 Å². The molecule has 0 radical (unpaired) electrons. The zero-order valence-corrected chi connectivity index (χ0v) is 12.5. The number of carbonyl (C=O) groups excluding carboxylic acids is 1. The van der Waals surface area contributed by atoms with E-state index < -0.39 is 10.0 Å². The van der Waals surface area contributed by atoms with Crippen molar-refractivity contribution in [3.05, 3.63) is 28.8 Å². The summed E-state index contributed by atoms with van der Waals surface area (Å²) in [5.74, 6) is -0.407. The van der Waals surface area contributed by atoms with Gasteiger partial charge in [0.2, 0.25) is 15.9 Å². The predicted molar refractivity (Wildman–Crippen MR) is 76.7 cm³/mol. The Balaban J connectivity index is 2.73. The van der Waals surface area contributed by atoms with Gasteiger partial charge in [-0.3, -0.25) is 4.79 Å². The predicted octanol–water partition coefficient (Wildman–Crippen LogP) is 1.49. The van der Waals surface area contributed by atoms with Gasteiger partial charge in [-0.15, -0.1) is 0 Å². The van der Waals surface area contributed by atoms with E-state index in [4.69, 9.17) is 0 Å². The number of hydrogen-bond donors (Lipinski definition) is 2. The summed E-state index contributed by atoms with van der Waals surface area (Å²) in [6.07, 6.45) is 0. The second-order valence-corrected chi connectivity index (χ2v) is 6.64. The Hall–Kier alpha value is -1.40. The fourth-order valence-electron chi connectivity index (χ4n) is 1.84. The molecule has 106 valence electrons. The maximum Gasteiger partial charge on any atom is 0.239 e. The van der Waals surface area contributed by atoms with Crippen LogP contribution >= 0.6 is 0 Å². The van der Waals surface area contributed by atoms with E-state index in [-0.39, 0.29) is 18.2 Å². The highest BCUT2D eigenvalue weighted by Gasteiger charge is 2.11. The lowest BCUT2D eigenvalue weighted by Crippen LogP contribution is -2.34. The van der Waals surface area contributed by atoms with E-state index >= 15 is 0 Å². The largest absolute Gasteiger partial charge is 0.324 e. The van der Waals surface area contributed by atoms with Crippen LogP contribution in [0, 0.1) is 20.8 Å². The number of rotatable bonds is 5. The van der Waals surface area contributed by atoms with Crippen molar-refractivity contribution in [2.75, 3.05) is 17.6 Å². The van der Waals surface area contributed by atoms with Crippen molar-refractivity contribution in [2.45, 2.75) is 27.7 Å².